The number of phenols is 2. The molecule has 13 aromatic carbocycles. The summed E-state index contributed by atoms with van der Waals surface area (Å²) in [4.78, 5) is 24.6. The van der Waals surface area contributed by atoms with Gasteiger partial charge >= 0.3 is 0 Å². The number of azo groups is 2. The van der Waals surface area contributed by atoms with Crippen molar-refractivity contribution in [1.82, 2.24) is 9.97 Å². The Morgan fingerprint density at radius 1 is 0.451 bits per heavy atom. The van der Waals surface area contributed by atoms with Crippen molar-refractivity contribution in [3.63, 3.8) is 0 Å². The molecule has 558 valence electrons. The summed E-state index contributed by atoms with van der Waals surface area (Å²) >= 11 is 0. The molecule has 3 heterocycles. The highest BCUT2D eigenvalue weighted by atomic mass is 16.6. The van der Waals surface area contributed by atoms with Crippen LogP contribution in [0.1, 0.15) is 106 Å². The number of para-hydroxylation sites is 3. The van der Waals surface area contributed by atoms with Gasteiger partial charge in [-0.05, 0) is 171 Å². The van der Waals surface area contributed by atoms with Gasteiger partial charge in [0.05, 0.1) is 46.1 Å². The predicted molar refractivity (Wildman–Crippen MR) is 452 cm³/mol. The highest BCUT2D eigenvalue weighted by Crippen LogP contribution is 2.53. The van der Waals surface area contributed by atoms with Crippen LogP contribution in [0.25, 0.3) is 70.7 Å². The van der Waals surface area contributed by atoms with Crippen LogP contribution in [-0.4, -0.2) is 31.3 Å². The number of hydrogen-bond acceptors (Lipinski definition) is 17. The number of rotatable bonds is 23. The van der Waals surface area contributed by atoms with Crippen LogP contribution in [0.15, 0.2) is 316 Å². The summed E-state index contributed by atoms with van der Waals surface area (Å²) in [5.74, 6) is 18.0. The van der Waals surface area contributed by atoms with Crippen molar-refractivity contribution in [3.8, 4) is 11.5 Å². The van der Waals surface area contributed by atoms with E-state index in [1.165, 1.54) is 0 Å². The third-order valence-corrected chi connectivity index (χ3v) is 22.6. The number of hydrogen-bond donors (Lipinski definition) is 12. The van der Waals surface area contributed by atoms with E-state index in [0.717, 1.165) is 152 Å². The van der Waals surface area contributed by atoms with Crippen molar-refractivity contribution in [3.05, 3.63) is 357 Å². The average Bonchev–Trinajstić information content (AvgIpc) is 1.71. The van der Waals surface area contributed by atoms with Gasteiger partial charge in [0, 0.05) is 77.0 Å². The number of aryl methyl sites for hydroxylation is 3. The van der Waals surface area contributed by atoms with Crippen molar-refractivity contribution in [2.24, 2.45) is 44.1 Å². The topological polar surface area (TPSA) is 296 Å². The number of aliphatic hydroxyl groups is 1. The lowest BCUT2D eigenvalue weighted by Crippen LogP contribution is -2.33. The standard InChI is InChI=1S/C94H81N13O6/c1-4-52-19-7-10-22-64(52)92(111-95)73-49-57-35-46-70-67-25-13-16-28-76(67)99-83(70)79(57)86(89(73)108)105-102-61-38-31-55(32-39-61)82(56-33-40-62(41-34-56)103-106-87-80-58(36-47-71-68-26-14-17-29-77(68)100-84(71)80)50-74(90(87)109)93(112-96)65-23-11-8-20-53(65)5-2)98-60-42-44-63(45-43-60)104-107-88-81-59(37-48-72-69-27-15-18-30-78(69)101-85(72)81)51-75(91(88)110)94(113-97)66-24-12-9-21-54(66)6-3/h7-51,79,82-83,92-94,98-101,104,107-110H,4-6,95-97H2,1-3H3. The quantitative estimate of drug-likeness (QED) is 0.0161. The molecular formula is C94H81N13O6. The number of aromatic amines is 2. The van der Waals surface area contributed by atoms with E-state index in [2.05, 4.69) is 107 Å². The summed E-state index contributed by atoms with van der Waals surface area (Å²) in [6.07, 6.45) is 5.97. The van der Waals surface area contributed by atoms with Gasteiger partial charge in [-0.2, -0.15) is 15.3 Å². The number of aliphatic hydroxyl groups excluding tert-OH is 1. The molecular weight excluding hydrogens is 1410 g/mol. The summed E-state index contributed by atoms with van der Waals surface area (Å²) in [6, 6.07) is 83.3. The molecule has 6 atom stereocenters. The van der Waals surface area contributed by atoms with Crippen LogP contribution >= 0.6 is 0 Å². The van der Waals surface area contributed by atoms with Gasteiger partial charge in [-0.3, -0.25) is 19.9 Å². The molecule has 0 spiro atoms. The normalized spacial score (nSPS) is 15.8. The first kappa shape index (κ1) is 71.1. The minimum absolute atomic E-state index is 0.0267. The Balaban J connectivity index is 0.702. The lowest BCUT2D eigenvalue weighted by atomic mass is 9.75. The molecule has 18 rings (SSSR count). The number of benzene rings is 13. The Morgan fingerprint density at radius 3 is 1.52 bits per heavy atom. The van der Waals surface area contributed by atoms with Gasteiger partial charge in [0.2, 0.25) is 0 Å². The maximum atomic E-state index is 12.7. The average molecular weight is 1490 g/mol. The Kier molecular flexibility index (Phi) is 18.9. The van der Waals surface area contributed by atoms with E-state index in [1.54, 1.807) is 0 Å². The summed E-state index contributed by atoms with van der Waals surface area (Å²) in [5.41, 5.74) is 27.0. The maximum absolute atomic E-state index is 12.7. The number of nitrogens with one attached hydrogen (secondary N) is 6. The second-order valence-corrected chi connectivity index (χ2v) is 28.8. The Labute approximate surface area is 651 Å². The zero-order chi connectivity index (χ0) is 77.0. The van der Waals surface area contributed by atoms with Crippen LogP contribution in [0.2, 0.25) is 0 Å². The van der Waals surface area contributed by atoms with Crippen LogP contribution < -0.4 is 39.2 Å². The van der Waals surface area contributed by atoms with E-state index in [1.807, 2.05) is 218 Å². The molecule has 2 aliphatic carbocycles. The highest BCUT2D eigenvalue weighted by molar-refractivity contribution is 6.22. The molecule has 1 aliphatic heterocycles. The number of hydrazine groups is 1. The van der Waals surface area contributed by atoms with Crippen LogP contribution in [-0.2, 0) is 33.8 Å². The Hall–Kier alpha value is -13.5. The van der Waals surface area contributed by atoms with Crippen molar-refractivity contribution in [2.45, 2.75) is 70.4 Å². The third kappa shape index (κ3) is 12.7. The molecule has 0 saturated heterocycles. The molecule has 113 heavy (non-hydrogen) atoms. The Morgan fingerprint density at radius 2 is 0.947 bits per heavy atom. The largest absolute Gasteiger partial charge is 0.506 e. The number of H-pyrrole nitrogens is 2. The predicted octanol–water partition coefficient (Wildman–Crippen LogP) is 22.2. The summed E-state index contributed by atoms with van der Waals surface area (Å²) < 4.78 is 0. The van der Waals surface area contributed by atoms with Gasteiger partial charge < -0.3 is 41.3 Å². The van der Waals surface area contributed by atoms with Gasteiger partial charge in [-0.1, -0.05) is 209 Å². The van der Waals surface area contributed by atoms with E-state index in [9.17, 15) is 15.3 Å². The SMILES string of the molecule is CCc1ccccc1C(ON)C1=CC2=CC=C3c4ccccc4NC3C2C(N=Nc2ccc(C(Nc3ccc(NNc4c(O)c(C(ON)c5ccccc5CC)cc5ccc6c7ccccc7[nH]c6c45)cc3)c3ccc(N=Nc4c(O)c(C(ON)c5ccccc5CC)cc5ccc6c7ccccc7[nH]c6c45)cc3)cc2)=C1O. The molecule has 0 bridgehead atoms. The summed E-state index contributed by atoms with van der Waals surface area (Å²) in [5, 5.41) is 72.5. The molecule has 0 fully saturated rings. The molecule has 19 heteroatoms. The van der Waals surface area contributed by atoms with Crippen LogP contribution in [0, 0.1) is 5.92 Å². The number of anilines is 4. The molecule has 3 aliphatic rings. The number of phenolic OH excluding ortho intramolecular Hbond substituents is 2. The number of nitrogens with two attached hydrogens (primary N) is 3. The van der Waals surface area contributed by atoms with Gasteiger partial charge in [0.1, 0.15) is 52.6 Å². The smallest absolute Gasteiger partial charge is 0.150 e. The minimum Gasteiger partial charge on any atom is -0.506 e. The lowest BCUT2D eigenvalue weighted by Gasteiger charge is -2.34. The zero-order valence-corrected chi connectivity index (χ0v) is 62.2. The molecule has 19 nitrogen and oxygen atoms in total. The Bertz CT molecular complexity index is 6440. The van der Waals surface area contributed by atoms with Crippen LogP contribution in [0.5, 0.6) is 11.5 Å². The van der Waals surface area contributed by atoms with Crippen molar-refractivity contribution < 1.29 is 29.8 Å². The molecule has 6 unspecified atom stereocenters. The van der Waals surface area contributed by atoms with Crippen molar-refractivity contribution >= 4 is 111 Å². The highest BCUT2D eigenvalue weighted by Gasteiger charge is 2.44. The fourth-order valence-electron chi connectivity index (χ4n) is 17.0. The van der Waals surface area contributed by atoms with Gasteiger partial charge in [0.25, 0.3) is 0 Å². The van der Waals surface area contributed by atoms with Crippen LogP contribution in [0.4, 0.5) is 39.8 Å². The van der Waals surface area contributed by atoms with E-state index < -0.39 is 30.3 Å². The first-order chi connectivity index (χ1) is 55.5. The minimum atomic E-state index is -0.825. The number of allylic oxidation sites excluding steroid dienone is 3. The molecule has 0 saturated carbocycles. The number of aromatic hydroxyl groups is 2. The van der Waals surface area contributed by atoms with E-state index >= 15 is 0 Å². The second kappa shape index (κ2) is 30.1. The van der Waals surface area contributed by atoms with E-state index in [-0.39, 0.29) is 29.0 Å². The lowest BCUT2D eigenvalue weighted by molar-refractivity contribution is 0.0746. The first-order valence-electron chi connectivity index (χ1n) is 38.0. The second-order valence-electron chi connectivity index (χ2n) is 28.8. The molecule has 15 N–H and O–H groups in total. The number of fused-ring (bicyclic) bond motifs is 15. The van der Waals surface area contributed by atoms with Gasteiger partial charge in [-0.25, -0.2) is 17.7 Å². The number of aromatic nitrogens is 2. The fraction of sp³-hybridized carbons (Fsp3) is 0.128. The molecule has 0 amide bonds. The monoisotopic (exact) mass is 1490 g/mol. The maximum Gasteiger partial charge on any atom is 0.150 e. The fourth-order valence-corrected chi connectivity index (χ4v) is 17.0. The third-order valence-electron chi connectivity index (χ3n) is 22.6. The number of nitrogens with zero attached hydrogens (tertiary/aromatic N) is 4. The summed E-state index contributed by atoms with van der Waals surface area (Å²) in [6.45, 7) is 6.24. The molecule has 2 aromatic heterocycles. The molecule has 15 aromatic rings. The van der Waals surface area contributed by atoms with Crippen LogP contribution in [0.3, 0.4) is 0 Å². The van der Waals surface area contributed by atoms with Gasteiger partial charge in [0.15, 0.2) is 0 Å². The first-order valence-corrected chi connectivity index (χ1v) is 38.0. The molecule has 0 radical (unpaired) electrons. The summed E-state index contributed by atoms with van der Waals surface area (Å²) in [7, 11) is 0. The van der Waals surface area contributed by atoms with Gasteiger partial charge in [-0.15, -0.1) is 5.11 Å². The zero-order valence-electron chi connectivity index (χ0n) is 62.2. The van der Waals surface area contributed by atoms with Crippen molar-refractivity contribution in [1.29, 1.82) is 0 Å². The van der Waals surface area contributed by atoms with E-state index in [0.29, 0.717) is 50.5 Å². The van der Waals surface area contributed by atoms with E-state index in [4.69, 9.17) is 52.7 Å². The van der Waals surface area contributed by atoms with Crippen molar-refractivity contribution in [2.75, 3.05) is 21.5 Å².